The number of rotatable bonds is 3. The van der Waals surface area contributed by atoms with Gasteiger partial charge in [0.25, 0.3) is 11.1 Å². The summed E-state index contributed by atoms with van der Waals surface area (Å²) in [5.74, 6) is -0.254. The minimum absolute atomic E-state index is 0.222. The van der Waals surface area contributed by atoms with E-state index < -0.39 is 0 Å². The van der Waals surface area contributed by atoms with Crippen molar-refractivity contribution in [3.63, 3.8) is 0 Å². The number of carbonyl (C=O) groups is 2. The van der Waals surface area contributed by atoms with Crippen LogP contribution in [-0.4, -0.2) is 21.0 Å². The van der Waals surface area contributed by atoms with E-state index in [0.717, 1.165) is 50.3 Å². The van der Waals surface area contributed by atoms with E-state index in [1.54, 1.807) is 6.08 Å². The Morgan fingerprint density at radius 1 is 0.867 bits per heavy atom. The Morgan fingerprint density at radius 3 is 2.10 bits per heavy atom. The lowest BCUT2D eigenvalue weighted by molar-refractivity contribution is -0.123. The molecule has 4 nitrogen and oxygen atoms in total. The number of carbonyl (C=O) groups excluding carboxylic acids is 2. The maximum atomic E-state index is 13.1. The maximum absolute atomic E-state index is 13.1. The summed E-state index contributed by atoms with van der Waals surface area (Å²) in [7, 11) is 0. The molecule has 0 aliphatic carbocycles. The van der Waals surface area contributed by atoms with E-state index in [-0.39, 0.29) is 17.7 Å². The zero-order valence-electron chi connectivity index (χ0n) is 16.3. The van der Waals surface area contributed by atoms with Crippen molar-refractivity contribution in [2.75, 3.05) is 0 Å². The molecular formula is C25H18N2O2S. The molecule has 1 saturated heterocycles. The molecule has 1 aliphatic heterocycles. The van der Waals surface area contributed by atoms with E-state index in [1.165, 1.54) is 4.90 Å². The van der Waals surface area contributed by atoms with Gasteiger partial charge in [0.2, 0.25) is 0 Å². The van der Waals surface area contributed by atoms with Gasteiger partial charge in [-0.05, 0) is 48.0 Å². The van der Waals surface area contributed by atoms with E-state index in [0.29, 0.717) is 4.91 Å². The van der Waals surface area contributed by atoms with Crippen LogP contribution >= 0.6 is 11.8 Å². The van der Waals surface area contributed by atoms with Crippen LogP contribution in [0.15, 0.2) is 77.7 Å². The molecule has 0 atom stereocenters. The summed E-state index contributed by atoms with van der Waals surface area (Å²) < 4.78 is 0. The van der Waals surface area contributed by atoms with Gasteiger partial charge in [0.15, 0.2) is 0 Å². The molecule has 2 amide bonds. The van der Waals surface area contributed by atoms with Gasteiger partial charge in [-0.1, -0.05) is 66.2 Å². The fourth-order valence-corrected chi connectivity index (χ4v) is 4.54. The third-order valence-electron chi connectivity index (χ3n) is 5.26. The van der Waals surface area contributed by atoms with Crippen molar-refractivity contribution >= 4 is 50.8 Å². The average Bonchev–Trinajstić information content (AvgIpc) is 3.02. The standard InChI is InChI=1S/C25H18N2O2S/c1-16-10-12-17(13-11-16)14-23-24(28)27(25(29)30-23)15-20-18-6-2-4-8-21(18)26-22-9-5-3-7-19(20)22/h2-14H,15H2,1H3/b23-14+. The number of pyridine rings is 1. The Morgan fingerprint density at radius 2 is 1.47 bits per heavy atom. The van der Waals surface area contributed by atoms with E-state index in [1.807, 2.05) is 79.7 Å². The van der Waals surface area contributed by atoms with Gasteiger partial charge in [-0.2, -0.15) is 0 Å². The molecule has 0 unspecified atom stereocenters. The van der Waals surface area contributed by atoms with Crippen LogP contribution in [0.1, 0.15) is 16.7 Å². The van der Waals surface area contributed by atoms with Crippen LogP contribution in [0.2, 0.25) is 0 Å². The fraction of sp³-hybridized carbons (Fsp3) is 0.0800. The molecule has 0 N–H and O–H groups in total. The topological polar surface area (TPSA) is 50.3 Å². The Balaban J connectivity index is 1.55. The molecule has 5 rings (SSSR count). The van der Waals surface area contributed by atoms with Crippen LogP contribution < -0.4 is 0 Å². The molecule has 30 heavy (non-hydrogen) atoms. The zero-order chi connectivity index (χ0) is 20.7. The lowest BCUT2D eigenvalue weighted by Gasteiger charge is -2.16. The number of benzene rings is 3. The van der Waals surface area contributed by atoms with Crippen molar-refractivity contribution < 1.29 is 9.59 Å². The van der Waals surface area contributed by atoms with Gasteiger partial charge in [-0.3, -0.25) is 14.5 Å². The van der Waals surface area contributed by atoms with Gasteiger partial charge >= 0.3 is 0 Å². The number of imide groups is 1. The highest BCUT2D eigenvalue weighted by Crippen LogP contribution is 2.35. The normalized spacial score (nSPS) is 15.6. The average molecular weight is 410 g/mol. The molecule has 146 valence electrons. The fourth-order valence-electron chi connectivity index (χ4n) is 3.71. The van der Waals surface area contributed by atoms with Gasteiger partial charge in [0, 0.05) is 10.8 Å². The van der Waals surface area contributed by atoms with Crippen molar-refractivity contribution in [3.05, 3.63) is 94.4 Å². The second-order valence-electron chi connectivity index (χ2n) is 7.30. The second kappa shape index (κ2) is 7.43. The van der Waals surface area contributed by atoms with E-state index in [4.69, 9.17) is 4.98 Å². The van der Waals surface area contributed by atoms with Crippen molar-refractivity contribution in [2.24, 2.45) is 0 Å². The van der Waals surface area contributed by atoms with Crippen molar-refractivity contribution in [2.45, 2.75) is 13.5 Å². The zero-order valence-corrected chi connectivity index (χ0v) is 17.1. The lowest BCUT2D eigenvalue weighted by Crippen LogP contribution is -2.27. The Labute approximate surface area is 178 Å². The highest BCUT2D eigenvalue weighted by molar-refractivity contribution is 8.18. The number of thioether (sulfide) groups is 1. The summed E-state index contributed by atoms with van der Waals surface area (Å²) in [5, 5.41) is 1.67. The summed E-state index contributed by atoms with van der Waals surface area (Å²) >= 11 is 0.994. The van der Waals surface area contributed by atoms with Crippen molar-refractivity contribution in [1.82, 2.24) is 9.88 Å². The number of amides is 2. The Hall–Kier alpha value is -3.44. The van der Waals surface area contributed by atoms with Crippen LogP contribution in [0.25, 0.3) is 27.9 Å². The molecule has 1 fully saturated rings. The van der Waals surface area contributed by atoms with Crippen molar-refractivity contribution in [3.8, 4) is 0 Å². The molecule has 0 radical (unpaired) electrons. The van der Waals surface area contributed by atoms with Gasteiger partial charge in [0.05, 0.1) is 22.5 Å². The Bertz CT molecular complexity index is 1290. The maximum Gasteiger partial charge on any atom is 0.293 e. The Kier molecular flexibility index (Phi) is 4.60. The summed E-state index contributed by atoms with van der Waals surface area (Å²) in [5.41, 5.74) is 4.71. The molecule has 1 aromatic heterocycles. The first-order chi connectivity index (χ1) is 14.6. The quantitative estimate of drug-likeness (QED) is 0.310. The van der Waals surface area contributed by atoms with Crippen molar-refractivity contribution in [1.29, 1.82) is 0 Å². The van der Waals surface area contributed by atoms with Crippen LogP contribution in [0.4, 0.5) is 4.79 Å². The third kappa shape index (κ3) is 3.27. The molecule has 3 aromatic carbocycles. The molecule has 4 aromatic rings. The largest absolute Gasteiger partial charge is 0.293 e. The number of hydrogen-bond acceptors (Lipinski definition) is 4. The summed E-state index contributed by atoms with van der Waals surface area (Å²) in [6.07, 6.45) is 1.78. The van der Waals surface area contributed by atoms with E-state index in [2.05, 4.69) is 0 Å². The van der Waals surface area contributed by atoms with Gasteiger partial charge in [-0.15, -0.1) is 0 Å². The minimum Gasteiger partial charge on any atom is -0.268 e. The number of para-hydroxylation sites is 2. The highest BCUT2D eigenvalue weighted by atomic mass is 32.2. The molecule has 0 spiro atoms. The SMILES string of the molecule is Cc1ccc(/C=C2/SC(=O)N(Cc3c4ccccc4nc4ccccc34)C2=O)cc1. The summed E-state index contributed by atoms with van der Waals surface area (Å²) in [4.78, 5) is 32.3. The smallest absolute Gasteiger partial charge is 0.268 e. The van der Waals surface area contributed by atoms with Gasteiger partial charge in [-0.25, -0.2) is 4.98 Å². The molecular weight excluding hydrogens is 392 g/mol. The predicted octanol–water partition coefficient (Wildman–Crippen LogP) is 5.93. The molecule has 5 heteroatoms. The van der Waals surface area contributed by atoms with Crippen LogP contribution in [0, 0.1) is 6.92 Å². The number of fused-ring (bicyclic) bond motifs is 2. The number of hydrogen-bond donors (Lipinski definition) is 0. The molecule has 0 saturated carbocycles. The molecule has 2 heterocycles. The predicted molar refractivity (Wildman–Crippen MR) is 122 cm³/mol. The highest BCUT2D eigenvalue weighted by Gasteiger charge is 2.35. The number of aromatic nitrogens is 1. The number of nitrogens with zero attached hydrogens (tertiary/aromatic N) is 2. The van der Waals surface area contributed by atoms with Crippen LogP contribution in [0.3, 0.4) is 0 Å². The van der Waals surface area contributed by atoms with Gasteiger partial charge < -0.3 is 0 Å². The van der Waals surface area contributed by atoms with Gasteiger partial charge in [0.1, 0.15) is 0 Å². The first-order valence-electron chi connectivity index (χ1n) is 9.68. The molecule has 0 bridgehead atoms. The summed E-state index contributed by atoms with van der Waals surface area (Å²) in [6, 6.07) is 23.6. The second-order valence-corrected chi connectivity index (χ2v) is 8.30. The number of aryl methyl sites for hydroxylation is 1. The molecule has 1 aliphatic rings. The van der Waals surface area contributed by atoms with Crippen LogP contribution in [-0.2, 0) is 11.3 Å². The minimum atomic E-state index is -0.254. The summed E-state index contributed by atoms with van der Waals surface area (Å²) in [6.45, 7) is 2.24. The van der Waals surface area contributed by atoms with E-state index in [9.17, 15) is 9.59 Å². The lowest BCUT2D eigenvalue weighted by atomic mass is 10.0. The first kappa shape index (κ1) is 18.6. The monoisotopic (exact) mass is 410 g/mol. The third-order valence-corrected chi connectivity index (χ3v) is 6.17. The van der Waals surface area contributed by atoms with Crippen LogP contribution in [0.5, 0.6) is 0 Å². The first-order valence-corrected chi connectivity index (χ1v) is 10.5. The van der Waals surface area contributed by atoms with E-state index >= 15 is 0 Å².